The zero-order valence-electron chi connectivity index (χ0n) is 25.1. The van der Waals surface area contributed by atoms with Crippen LogP contribution in [0.3, 0.4) is 0 Å². The Kier molecular flexibility index (Phi) is 9.80. The molecule has 0 bridgehead atoms. The molecule has 5 aromatic rings. The summed E-state index contributed by atoms with van der Waals surface area (Å²) in [5.41, 5.74) is 3.12. The first-order valence-electron chi connectivity index (χ1n) is 15.1. The summed E-state index contributed by atoms with van der Waals surface area (Å²) in [5, 5.41) is 3.14. The molecule has 9 heteroatoms. The standard InChI is InChI=1S/C37H33F2N3O4/c38-31-20-29(21-32(39)35(31)33-22-40-18-19-42(33)37(43)46-25-28-14-8-3-9-15-28)30-16-17-34(44-23-26-10-4-1-5-11-26)41-36(30)45-24-27-12-6-2-7-13-27/h1-17,20-21,33,40H,18-19,22-25H2. The highest BCUT2D eigenvalue weighted by Crippen LogP contribution is 2.36. The number of rotatable bonds is 10. The van der Waals surface area contributed by atoms with Crippen molar-refractivity contribution in [2.24, 2.45) is 0 Å². The second-order valence-electron chi connectivity index (χ2n) is 10.9. The molecular formula is C37H33F2N3O4. The molecule has 6 rings (SSSR count). The molecule has 7 nitrogen and oxygen atoms in total. The number of carbonyl (C=O) groups is 1. The third-order valence-electron chi connectivity index (χ3n) is 7.69. The first-order chi connectivity index (χ1) is 22.5. The summed E-state index contributed by atoms with van der Waals surface area (Å²) in [6, 6.07) is 33.4. The number of amides is 1. The Morgan fingerprint density at radius 1 is 0.761 bits per heavy atom. The Morgan fingerprint density at radius 3 is 1.93 bits per heavy atom. The molecule has 1 aliphatic heterocycles. The Bertz CT molecular complexity index is 1730. The predicted molar refractivity (Wildman–Crippen MR) is 170 cm³/mol. The summed E-state index contributed by atoms with van der Waals surface area (Å²) < 4.78 is 49.3. The maximum absolute atomic E-state index is 15.9. The minimum atomic E-state index is -0.897. The van der Waals surface area contributed by atoms with Gasteiger partial charge in [0.25, 0.3) is 0 Å². The van der Waals surface area contributed by atoms with E-state index in [0.717, 1.165) is 16.7 Å². The van der Waals surface area contributed by atoms with Crippen LogP contribution >= 0.6 is 0 Å². The summed E-state index contributed by atoms with van der Waals surface area (Å²) in [4.78, 5) is 19.0. The molecular weight excluding hydrogens is 588 g/mol. The lowest BCUT2D eigenvalue weighted by Crippen LogP contribution is -2.49. The quantitative estimate of drug-likeness (QED) is 0.175. The van der Waals surface area contributed by atoms with Crippen LogP contribution in [0, 0.1) is 11.6 Å². The van der Waals surface area contributed by atoms with Crippen LogP contribution in [-0.4, -0.2) is 35.6 Å². The number of benzene rings is 4. The number of nitrogens with zero attached hydrogens (tertiary/aromatic N) is 2. The number of aromatic nitrogens is 1. The van der Waals surface area contributed by atoms with Gasteiger partial charge in [0.1, 0.15) is 31.5 Å². The number of halogens is 2. The van der Waals surface area contributed by atoms with Crippen molar-refractivity contribution in [2.75, 3.05) is 19.6 Å². The highest BCUT2D eigenvalue weighted by Gasteiger charge is 2.33. The maximum Gasteiger partial charge on any atom is 0.410 e. The van der Waals surface area contributed by atoms with Gasteiger partial charge in [0.05, 0.1) is 6.04 Å². The largest absolute Gasteiger partial charge is 0.473 e. The fourth-order valence-electron chi connectivity index (χ4n) is 5.33. The Labute approximate surface area is 266 Å². The van der Waals surface area contributed by atoms with E-state index in [1.807, 2.05) is 91.0 Å². The summed E-state index contributed by atoms with van der Waals surface area (Å²) >= 11 is 0. The van der Waals surface area contributed by atoms with Crippen LogP contribution in [0.15, 0.2) is 115 Å². The molecule has 1 aliphatic rings. The number of carbonyl (C=O) groups excluding carboxylic acids is 1. The fourth-order valence-corrected chi connectivity index (χ4v) is 5.33. The molecule has 0 spiro atoms. The number of hydrogen-bond donors (Lipinski definition) is 1. The molecule has 0 radical (unpaired) electrons. The summed E-state index contributed by atoms with van der Waals surface area (Å²) in [6.07, 6.45) is -0.634. The fraction of sp³-hybridized carbons (Fsp3) is 0.189. The Balaban J connectivity index is 1.26. The van der Waals surface area contributed by atoms with Gasteiger partial charge in [-0.05, 0) is 40.5 Å². The minimum absolute atomic E-state index is 0.0596. The number of hydrogen-bond acceptors (Lipinski definition) is 6. The van der Waals surface area contributed by atoms with Crippen molar-refractivity contribution in [1.82, 2.24) is 15.2 Å². The van der Waals surface area contributed by atoms with Gasteiger partial charge in [0, 0.05) is 36.8 Å². The SMILES string of the molecule is O=C(OCc1ccccc1)N1CCNCC1c1c(F)cc(-c2ccc(OCc3ccccc3)nc2OCc2ccccc2)cc1F. The lowest BCUT2D eigenvalue weighted by Gasteiger charge is -2.36. The van der Waals surface area contributed by atoms with Crippen molar-refractivity contribution in [2.45, 2.75) is 25.9 Å². The van der Waals surface area contributed by atoms with Crippen LogP contribution in [0.25, 0.3) is 11.1 Å². The molecule has 1 aromatic heterocycles. The van der Waals surface area contributed by atoms with Crippen LogP contribution in [0.1, 0.15) is 28.3 Å². The molecule has 1 atom stereocenters. The van der Waals surface area contributed by atoms with Crippen molar-refractivity contribution in [3.05, 3.63) is 149 Å². The number of nitrogens with one attached hydrogen (secondary N) is 1. The molecule has 1 fully saturated rings. The van der Waals surface area contributed by atoms with Crippen LogP contribution in [0.2, 0.25) is 0 Å². The summed E-state index contributed by atoms with van der Waals surface area (Å²) in [6.45, 7) is 1.44. The van der Waals surface area contributed by atoms with Crippen LogP contribution in [0.4, 0.5) is 13.6 Å². The van der Waals surface area contributed by atoms with Crippen LogP contribution in [-0.2, 0) is 24.6 Å². The van der Waals surface area contributed by atoms with Crippen molar-refractivity contribution in [3.8, 4) is 22.9 Å². The van der Waals surface area contributed by atoms with E-state index in [1.54, 1.807) is 12.1 Å². The van der Waals surface area contributed by atoms with E-state index >= 15 is 8.78 Å². The number of piperazine rings is 1. The van der Waals surface area contributed by atoms with Crippen LogP contribution in [0.5, 0.6) is 11.8 Å². The van der Waals surface area contributed by atoms with Gasteiger partial charge in [-0.15, -0.1) is 0 Å². The predicted octanol–water partition coefficient (Wildman–Crippen LogP) is 7.47. The van der Waals surface area contributed by atoms with Gasteiger partial charge in [-0.2, -0.15) is 4.98 Å². The number of pyridine rings is 1. The first kappa shape index (κ1) is 30.7. The van der Waals surface area contributed by atoms with Crippen molar-refractivity contribution < 1.29 is 27.8 Å². The summed E-state index contributed by atoms with van der Waals surface area (Å²) in [7, 11) is 0. The second-order valence-corrected chi connectivity index (χ2v) is 10.9. The maximum atomic E-state index is 15.9. The molecule has 2 heterocycles. The van der Waals surface area contributed by atoms with E-state index < -0.39 is 23.8 Å². The topological polar surface area (TPSA) is 72.9 Å². The highest BCUT2D eigenvalue weighted by molar-refractivity contribution is 5.71. The normalized spacial score (nSPS) is 14.5. The smallest absolute Gasteiger partial charge is 0.410 e. The molecule has 1 saturated heterocycles. The average molecular weight is 622 g/mol. The molecule has 4 aromatic carbocycles. The van der Waals surface area contributed by atoms with Crippen molar-refractivity contribution in [3.63, 3.8) is 0 Å². The second kappa shape index (κ2) is 14.7. The molecule has 46 heavy (non-hydrogen) atoms. The Morgan fingerprint density at radius 2 is 1.33 bits per heavy atom. The first-order valence-corrected chi connectivity index (χ1v) is 15.1. The molecule has 0 saturated carbocycles. The molecule has 1 unspecified atom stereocenters. The van der Waals surface area contributed by atoms with E-state index in [2.05, 4.69) is 10.3 Å². The van der Waals surface area contributed by atoms with Crippen molar-refractivity contribution >= 4 is 6.09 Å². The van der Waals surface area contributed by atoms with Gasteiger partial charge >= 0.3 is 6.09 Å². The molecule has 1 N–H and O–H groups in total. The zero-order valence-corrected chi connectivity index (χ0v) is 25.1. The van der Waals surface area contributed by atoms with Gasteiger partial charge in [0.15, 0.2) is 0 Å². The lowest BCUT2D eigenvalue weighted by atomic mass is 9.97. The van der Waals surface area contributed by atoms with Crippen LogP contribution < -0.4 is 14.8 Å². The molecule has 234 valence electrons. The number of ether oxygens (including phenoxy) is 3. The van der Waals surface area contributed by atoms with Gasteiger partial charge < -0.3 is 19.5 Å². The lowest BCUT2D eigenvalue weighted by molar-refractivity contribution is 0.0705. The highest BCUT2D eigenvalue weighted by atomic mass is 19.1. The van der Waals surface area contributed by atoms with Gasteiger partial charge in [-0.1, -0.05) is 91.0 Å². The van der Waals surface area contributed by atoms with Gasteiger partial charge in [-0.3, -0.25) is 4.90 Å². The third-order valence-corrected chi connectivity index (χ3v) is 7.69. The average Bonchev–Trinajstić information content (AvgIpc) is 3.10. The Hall–Kier alpha value is -5.28. The van der Waals surface area contributed by atoms with E-state index in [9.17, 15) is 4.79 Å². The van der Waals surface area contributed by atoms with E-state index in [0.29, 0.717) is 24.6 Å². The third kappa shape index (κ3) is 7.50. The van der Waals surface area contributed by atoms with E-state index in [-0.39, 0.29) is 43.3 Å². The van der Waals surface area contributed by atoms with E-state index in [1.165, 1.54) is 17.0 Å². The van der Waals surface area contributed by atoms with Gasteiger partial charge in [-0.25, -0.2) is 13.6 Å². The zero-order chi connectivity index (χ0) is 31.7. The summed E-state index contributed by atoms with van der Waals surface area (Å²) in [5.74, 6) is -1.09. The minimum Gasteiger partial charge on any atom is -0.473 e. The van der Waals surface area contributed by atoms with Crippen molar-refractivity contribution in [1.29, 1.82) is 0 Å². The monoisotopic (exact) mass is 621 g/mol. The van der Waals surface area contributed by atoms with E-state index in [4.69, 9.17) is 14.2 Å². The molecule has 1 amide bonds. The van der Waals surface area contributed by atoms with Gasteiger partial charge in [0.2, 0.25) is 11.8 Å². The molecule has 0 aliphatic carbocycles.